The first-order valence-electron chi connectivity index (χ1n) is 10.8. The molecule has 3 heterocycles. The van der Waals surface area contributed by atoms with E-state index in [9.17, 15) is 24.3 Å². The van der Waals surface area contributed by atoms with Gasteiger partial charge in [0.25, 0.3) is 12.0 Å². The number of hydrogen-bond acceptors (Lipinski definition) is 7. The molecule has 4 N–H and O–H groups in total. The van der Waals surface area contributed by atoms with Crippen LogP contribution in [0.3, 0.4) is 0 Å². The SMILES string of the molecule is CC(=O)NCC(=O)N1CCC[C@]2(CN(C(=O)CCc3ccc(=O)[nH]n3)CC[C@@H]2O)C1.O=CO. The van der Waals surface area contributed by atoms with Gasteiger partial charge in [-0.2, -0.15) is 5.10 Å². The Hall–Kier alpha value is -3.28. The predicted molar refractivity (Wildman–Crippen MR) is 116 cm³/mol. The lowest BCUT2D eigenvalue weighted by Crippen LogP contribution is -2.61. The van der Waals surface area contributed by atoms with Gasteiger partial charge in [-0.1, -0.05) is 0 Å². The highest BCUT2D eigenvalue weighted by Crippen LogP contribution is 2.39. The fraction of sp³-hybridized carbons (Fsp3) is 0.619. The van der Waals surface area contributed by atoms with Gasteiger partial charge in [0.1, 0.15) is 0 Å². The monoisotopic (exact) mass is 465 g/mol. The third-order valence-corrected chi connectivity index (χ3v) is 6.02. The second kappa shape index (κ2) is 12.1. The Kier molecular flexibility index (Phi) is 9.52. The molecule has 33 heavy (non-hydrogen) atoms. The van der Waals surface area contributed by atoms with Crippen molar-refractivity contribution >= 4 is 24.2 Å². The number of H-pyrrole nitrogens is 1. The number of carboxylic acid groups (broad SMARTS) is 1. The van der Waals surface area contributed by atoms with Gasteiger partial charge in [-0.15, -0.1) is 0 Å². The number of aliphatic hydroxyl groups excluding tert-OH is 1. The maximum Gasteiger partial charge on any atom is 0.290 e. The Bertz CT molecular complexity index is 885. The van der Waals surface area contributed by atoms with Crippen molar-refractivity contribution < 1.29 is 29.4 Å². The van der Waals surface area contributed by atoms with Crippen LogP contribution >= 0.6 is 0 Å². The topological polar surface area (TPSA) is 173 Å². The Morgan fingerprint density at radius 1 is 1.24 bits per heavy atom. The van der Waals surface area contributed by atoms with Crippen LogP contribution < -0.4 is 10.9 Å². The van der Waals surface area contributed by atoms with Crippen LogP contribution in [0, 0.1) is 5.41 Å². The van der Waals surface area contributed by atoms with E-state index in [1.807, 2.05) is 0 Å². The quantitative estimate of drug-likeness (QED) is 0.390. The molecule has 0 saturated carbocycles. The van der Waals surface area contributed by atoms with Crippen molar-refractivity contribution in [2.45, 2.75) is 45.1 Å². The number of hydrogen-bond donors (Lipinski definition) is 4. The lowest BCUT2D eigenvalue weighted by atomic mass is 9.71. The molecule has 0 aromatic carbocycles. The summed E-state index contributed by atoms with van der Waals surface area (Å²) in [4.78, 5) is 59.2. The van der Waals surface area contributed by atoms with Gasteiger partial charge in [0.05, 0.1) is 18.3 Å². The van der Waals surface area contributed by atoms with Crippen molar-refractivity contribution in [1.82, 2.24) is 25.3 Å². The van der Waals surface area contributed by atoms with Gasteiger partial charge in [-0.05, 0) is 25.3 Å². The highest BCUT2D eigenvalue weighted by atomic mass is 16.3. The zero-order chi connectivity index (χ0) is 24.4. The highest BCUT2D eigenvalue weighted by molar-refractivity contribution is 5.83. The second-order valence-electron chi connectivity index (χ2n) is 8.33. The van der Waals surface area contributed by atoms with Crippen molar-refractivity contribution in [2.24, 2.45) is 5.41 Å². The summed E-state index contributed by atoms with van der Waals surface area (Å²) in [5.74, 6) is -0.471. The molecule has 0 aliphatic carbocycles. The lowest BCUT2D eigenvalue weighted by molar-refractivity contribution is -0.148. The molecular formula is C21H31N5O7. The minimum Gasteiger partial charge on any atom is -0.483 e. The summed E-state index contributed by atoms with van der Waals surface area (Å²) in [6.07, 6.45) is 2.05. The number of rotatable bonds is 5. The molecule has 2 aliphatic heterocycles. The summed E-state index contributed by atoms with van der Waals surface area (Å²) in [6.45, 7) is 2.88. The number of nitrogens with zero attached hydrogens (tertiary/aromatic N) is 3. The molecular weight excluding hydrogens is 434 g/mol. The van der Waals surface area contributed by atoms with E-state index < -0.39 is 11.5 Å². The summed E-state index contributed by atoms with van der Waals surface area (Å²) in [6, 6.07) is 2.99. The minimum absolute atomic E-state index is 0.0315. The molecule has 2 atom stereocenters. The Morgan fingerprint density at radius 2 is 1.91 bits per heavy atom. The number of piperidine rings is 2. The van der Waals surface area contributed by atoms with Gasteiger partial charge in [-0.25, -0.2) is 5.10 Å². The van der Waals surface area contributed by atoms with Crippen LogP contribution in [0.1, 0.15) is 38.3 Å². The summed E-state index contributed by atoms with van der Waals surface area (Å²) < 4.78 is 0. The Balaban J connectivity index is 0.00000122. The summed E-state index contributed by atoms with van der Waals surface area (Å²) in [5.41, 5.74) is -0.192. The smallest absolute Gasteiger partial charge is 0.290 e. The van der Waals surface area contributed by atoms with Crippen LogP contribution in [-0.2, 0) is 25.6 Å². The van der Waals surface area contributed by atoms with Gasteiger partial charge < -0.3 is 25.3 Å². The van der Waals surface area contributed by atoms with Gasteiger partial charge in [-0.3, -0.25) is 24.0 Å². The van der Waals surface area contributed by atoms with E-state index in [1.165, 1.54) is 13.0 Å². The molecule has 0 bridgehead atoms. The number of aromatic nitrogens is 2. The lowest BCUT2D eigenvalue weighted by Gasteiger charge is -2.51. The molecule has 3 amide bonds. The molecule has 1 aromatic heterocycles. The summed E-state index contributed by atoms with van der Waals surface area (Å²) in [5, 5.41) is 26.4. The highest BCUT2D eigenvalue weighted by Gasteiger charge is 2.47. The van der Waals surface area contributed by atoms with Crippen LogP contribution in [0.25, 0.3) is 0 Å². The van der Waals surface area contributed by atoms with E-state index in [4.69, 9.17) is 9.90 Å². The molecule has 2 fully saturated rings. The molecule has 182 valence electrons. The molecule has 0 radical (unpaired) electrons. The number of aromatic amines is 1. The minimum atomic E-state index is -0.584. The largest absolute Gasteiger partial charge is 0.483 e. The van der Waals surface area contributed by atoms with Crippen LogP contribution in [0.5, 0.6) is 0 Å². The van der Waals surface area contributed by atoms with E-state index in [0.29, 0.717) is 44.7 Å². The zero-order valence-corrected chi connectivity index (χ0v) is 18.7. The van der Waals surface area contributed by atoms with E-state index in [2.05, 4.69) is 15.5 Å². The van der Waals surface area contributed by atoms with Crippen LogP contribution in [0.15, 0.2) is 16.9 Å². The molecule has 2 saturated heterocycles. The van der Waals surface area contributed by atoms with Crippen LogP contribution in [-0.4, -0.2) is 93.2 Å². The fourth-order valence-electron chi connectivity index (χ4n) is 4.35. The maximum atomic E-state index is 12.8. The average Bonchev–Trinajstić information content (AvgIpc) is 2.79. The van der Waals surface area contributed by atoms with Crippen molar-refractivity contribution in [3.63, 3.8) is 0 Å². The van der Waals surface area contributed by atoms with E-state index in [0.717, 1.165) is 12.8 Å². The zero-order valence-electron chi connectivity index (χ0n) is 18.7. The first kappa shape index (κ1) is 26.0. The Morgan fingerprint density at radius 3 is 2.52 bits per heavy atom. The van der Waals surface area contributed by atoms with Crippen molar-refractivity contribution in [2.75, 3.05) is 32.7 Å². The van der Waals surface area contributed by atoms with Gasteiger partial charge in [0, 0.05) is 57.4 Å². The standard InChI is InChI=1S/C20H29N5O5.CH2O2/c1-14(26)21-11-19(30)24-9-2-8-20(12-24)13-25(10-7-16(20)27)18(29)6-4-15-3-5-17(28)23-22-15;2-1-3/h3,5,16,27H,2,4,6-13H2,1H3,(H,21,26)(H,23,28);1H,(H,2,3)/t16-,20+;/m0./s1. The van der Waals surface area contributed by atoms with Crippen molar-refractivity contribution in [3.8, 4) is 0 Å². The van der Waals surface area contributed by atoms with E-state index in [-0.39, 0.29) is 42.7 Å². The fourth-order valence-corrected chi connectivity index (χ4v) is 4.35. The molecule has 1 spiro atoms. The number of carbonyl (C=O) groups excluding carboxylic acids is 3. The van der Waals surface area contributed by atoms with Gasteiger partial charge in [0.15, 0.2) is 0 Å². The molecule has 3 rings (SSSR count). The van der Waals surface area contributed by atoms with Gasteiger partial charge in [0.2, 0.25) is 17.7 Å². The number of amides is 3. The van der Waals surface area contributed by atoms with Gasteiger partial charge >= 0.3 is 0 Å². The molecule has 12 heteroatoms. The van der Waals surface area contributed by atoms with E-state index in [1.54, 1.807) is 15.9 Å². The van der Waals surface area contributed by atoms with Crippen LogP contribution in [0.2, 0.25) is 0 Å². The molecule has 12 nitrogen and oxygen atoms in total. The number of aliphatic hydroxyl groups is 1. The Labute approximate surface area is 191 Å². The first-order chi connectivity index (χ1) is 15.7. The van der Waals surface area contributed by atoms with Crippen LogP contribution in [0.4, 0.5) is 0 Å². The first-order valence-corrected chi connectivity index (χ1v) is 10.8. The third kappa shape index (κ3) is 7.38. The molecule has 1 aromatic rings. The second-order valence-corrected chi connectivity index (χ2v) is 8.33. The maximum absolute atomic E-state index is 12.8. The summed E-state index contributed by atoms with van der Waals surface area (Å²) >= 11 is 0. The van der Waals surface area contributed by atoms with Crippen molar-refractivity contribution in [3.05, 3.63) is 28.2 Å². The predicted octanol–water partition coefficient (Wildman–Crippen LogP) is -1.26. The van der Waals surface area contributed by atoms with E-state index >= 15 is 0 Å². The average molecular weight is 466 g/mol. The molecule has 2 aliphatic rings. The number of nitrogens with one attached hydrogen (secondary N) is 2. The summed E-state index contributed by atoms with van der Waals surface area (Å²) in [7, 11) is 0. The molecule has 0 unspecified atom stereocenters. The normalized spacial score (nSPS) is 22.2. The number of likely N-dealkylation sites (tertiary alicyclic amines) is 2. The third-order valence-electron chi connectivity index (χ3n) is 6.02. The van der Waals surface area contributed by atoms with Crippen molar-refractivity contribution in [1.29, 1.82) is 0 Å². The number of carbonyl (C=O) groups is 4. The number of aryl methyl sites for hydroxylation is 1.